The summed E-state index contributed by atoms with van der Waals surface area (Å²) in [4.78, 5) is 10.9. The van der Waals surface area contributed by atoms with Crippen molar-refractivity contribution in [1.82, 2.24) is 0 Å². The van der Waals surface area contributed by atoms with E-state index in [1.54, 1.807) is 0 Å². The lowest BCUT2D eigenvalue weighted by molar-refractivity contribution is -0.591. The number of hydrogen-bond donors (Lipinski definition) is 2. The Hall–Kier alpha value is -3.09. The van der Waals surface area contributed by atoms with E-state index in [-0.39, 0.29) is 33.4 Å². The molecule has 7 nitrogen and oxygen atoms in total. The van der Waals surface area contributed by atoms with Crippen molar-refractivity contribution in [3.8, 4) is 5.75 Å². The molecule has 1 aromatic heterocycles. The average Bonchev–Trinajstić information content (AvgIpc) is 2.44. The summed E-state index contributed by atoms with van der Waals surface area (Å²) in [5.41, 5.74) is -0.0372. The zero-order chi connectivity index (χ0) is 14.4. The standard InChI is InChI=1S/C13H8N2O5/c16-8-2-4-10-12(6-8)15(20)9-3-1-7(13(17)18)5-11(9)14(10)19/h1-6,16H,(H,17,18). The van der Waals surface area contributed by atoms with Gasteiger partial charge in [-0.25, -0.2) is 4.79 Å². The highest BCUT2D eigenvalue weighted by Gasteiger charge is 2.22. The van der Waals surface area contributed by atoms with E-state index in [0.29, 0.717) is 9.46 Å². The minimum Gasteiger partial charge on any atom is -0.617 e. The van der Waals surface area contributed by atoms with Crippen molar-refractivity contribution in [2.45, 2.75) is 0 Å². The van der Waals surface area contributed by atoms with E-state index in [0.717, 1.165) is 6.07 Å². The summed E-state index contributed by atoms with van der Waals surface area (Å²) >= 11 is 0. The number of aromatic nitrogens is 2. The number of phenols is 1. The Morgan fingerprint density at radius 3 is 2.05 bits per heavy atom. The number of carbonyl (C=O) groups is 1. The number of hydrogen-bond acceptors (Lipinski definition) is 4. The fourth-order valence-corrected chi connectivity index (χ4v) is 2.10. The van der Waals surface area contributed by atoms with Crippen LogP contribution in [-0.2, 0) is 0 Å². The van der Waals surface area contributed by atoms with Gasteiger partial charge in [-0.15, -0.1) is 0 Å². The van der Waals surface area contributed by atoms with Crippen LogP contribution in [0.5, 0.6) is 5.75 Å². The molecular formula is C13H8N2O5. The molecule has 0 saturated carbocycles. The van der Waals surface area contributed by atoms with E-state index in [4.69, 9.17) is 5.11 Å². The second-order valence-electron chi connectivity index (χ2n) is 4.27. The average molecular weight is 272 g/mol. The Morgan fingerprint density at radius 2 is 1.45 bits per heavy atom. The molecule has 3 aromatic rings. The van der Waals surface area contributed by atoms with Crippen LogP contribution in [0.15, 0.2) is 36.4 Å². The first kappa shape index (κ1) is 12.0. The topological polar surface area (TPSA) is 111 Å². The molecule has 0 radical (unpaired) electrons. The van der Waals surface area contributed by atoms with Gasteiger partial charge >= 0.3 is 5.97 Å². The number of aromatic carboxylic acids is 1. The second kappa shape index (κ2) is 3.95. The van der Waals surface area contributed by atoms with Crippen LogP contribution in [0.25, 0.3) is 22.1 Å². The third-order valence-corrected chi connectivity index (χ3v) is 3.06. The Bertz CT molecular complexity index is 876. The number of nitrogens with zero attached hydrogens (tertiary/aromatic N) is 2. The van der Waals surface area contributed by atoms with Gasteiger partial charge in [-0.05, 0) is 12.1 Å². The second-order valence-corrected chi connectivity index (χ2v) is 4.27. The van der Waals surface area contributed by atoms with Gasteiger partial charge in [0.2, 0.25) is 0 Å². The van der Waals surface area contributed by atoms with Gasteiger partial charge in [0.05, 0.1) is 11.6 Å². The molecule has 0 spiro atoms. The predicted molar refractivity (Wildman–Crippen MR) is 68.0 cm³/mol. The van der Waals surface area contributed by atoms with Crippen LogP contribution in [0.1, 0.15) is 10.4 Å². The molecule has 3 rings (SSSR count). The quantitative estimate of drug-likeness (QED) is 0.384. The van der Waals surface area contributed by atoms with E-state index in [9.17, 15) is 20.3 Å². The summed E-state index contributed by atoms with van der Waals surface area (Å²) in [6.07, 6.45) is 0. The van der Waals surface area contributed by atoms with Gasteiger partial charge in [0.1, 0.15) is 5.75 Å². The Kier molecular flexibility index (Phi) is 2.37. The van der Waals surface area contributed by atoms with Gasteiger partial charge in [-0.3, -0.25) is 0 Å². The van der Waals surface area contributed by atoms with Crippen molar-refractivity contribution < 1.29 is 24.5 Å². The fraction of sp³-hybridized carbons (Fsp3) is 0. The first-order valence-corrected chi connectivity index (χ1v) is 5.64. The first-order valence-electron chi connectivity index (χ1n) is 5.64. The maximum Gasteiger partial charge on any atom is 0.335 e. The minimum atomic E-state index is -1.19. The van der Waals surface area contributed by atoms with Crippen molar-refractivity contribution in [3.63, 3.8) is 0 Å². The van der Waals surface area contributed by atoms with Crippen molar-refractivity contribution in [2.24, 2.45) is 0 Å². The monoisotopic (exact) mass is 272 g/mol. The molecule has 1 heterocycles. The Morgan fingerprint density at radius 1 is 0.900 bits per heavy atom. The maximum atomic E-state index is 12.2. The number of aromatic hydroxyl groups is 1. The van der Waals surface area contributed by atoms with Crippen molar-refractivity contribution in [2.75, 3.05) is 0 Å². The van der Waals surface area contributed by atoms with Crippen LogP contribution in [-0.4, -0.2) is 16.2 Å². The van der Waals surface area contributed by atoms with Gasteiger partial charge in [-0.1, -0.05) is 0 Å². The number of phenolic OH excluding ortho intramolecular Hbond substituents is 1. The Balaban J connectivity index is 2.51. The predicted octanol–water partition coefficient (Wildman–Crippen LogP) is 0.664. The summed E-state index contributed by atoms with van der Waals surface area (Å²) in [5.74, 6) is -1.32. The summed E-state index contributed by atoms with van der Waals surface area (Å²) in [6, 6.07) is 7.42. The zero-order valence-corrected chi connectivity index (χ0v) is 9.98. The van der Waals surface area contributed by atoms with E-state index in [2.05, 4.69) is 0 Å². The van der Waals surface area contributed by atoms with Crippen LogP contribution in [0.2, 0.25) is 0 Å². The van der Waals surface area contributed by atoms with Gasteiger partial charge in [0.15, 0.2) is 0 Å². The number of benzene rings is 2. The highest BCUT2D eigenvalue weighted by atomic mass is 16.5. The lowest BCUT2D eigenvalue weighted by Gasteiger charge is -2.08. The number of carboxylic acid groups (broad SMARTS) is 1. The molecule has 7 heteroatoms. The molecule has 0 atom stereocenters. The van der Waals surface area contributed by atoms with Crippen LogP contribution in [0, 0.1) is 10.4 Å². The molecule has 0 aliphatic rings. The molecule has 100 valence electrons. The van der Waals surface area contributed by atoms with Crippen LogP contribution >= 0.6 is 0 Å². The van der Waals surface area contributed by atoms with Crippen LogP contribution < -0.4 is 9.46 Å². The number of rotatable bonds is 1. The molecule has 2 N–H and O–H groups in total. The van der Waals surface area contributed by atoms with Crippen molar-refractivity contribution >= 4 is 28.0 Å². The fourth-order valence-electron chi connectivity index (χ4n) is 2.10. The van der Waals surface area contributed by atoms with Gasteiger partial charge in [0.25, 0.3) is 22.1 Å². The summed E-state index contributed by atoms with van der Waals surface area (Å²) in [7, 11) is 0. The normalized spacial score (nSPS) is 11.0. The van der Waals surface area contributed by atoms with Crippen molar-refractivity contribution in [1.29, 1.82) is 0 Å². The third-order valence-electron chi connectivity index (χ3n) is 3.06. The van der Waals surface area contributed by atoms with E-state index < -0.39 is 5.97 Å². The molecule has 20 heavy (non-hydrogen) atoms. The molecule has 0 bridgehead atoms. The molecule has 0 amide bonds. The van der Waals surface area contributed by atoms with Gasteiger partial charge in [0, 0.05) is 18.2 Å². The van der Waals surface area contributed by atoms with Gasteiger partial charge in [-0.2, -0.15) is 9.46 Å². The molecule has 0 aliphatic carbocycles. The first-order chi connectivity index (χ1) is 9.49. The zero-order valence-electron chi connectivity index (χ0n) is 9.98. The Labute approximate surface area is 111 Å². The largest absolute Gasteiger partial charge is 0.617 e. The summed E-state index contributed by atoms with van der Waals surface area (Å²) in [5, 5.41) is 42.7. The molecule has 0 unspecified atom stereocenters. The maximum absolute atomic E-state index is 12.2. The third kappa shape index (κ3) is 1.57. The van der Waals surface area contributed by atoms with E-state index in [1.807, 2.05) is 0 Å². The lowest BCUT2D eigenvalue weighted by Crippen LogP contribution is -2.39. The molecule has 2 aromatic carbocycles. The molecular weight excluding hydrogens is 264 g/mol. The molecule has 0 saturated heterocycles. The smallest absolute Gasteiger partial charge is 0.335 e. The van der Waals surface area contributed by atoms with E-state index >= 15 is 0 Å². The highest BCUT2D eigenvalue weighted by molar-refractivity contribution is 5.91. The highest BCUT2D eigenvalue weighted by Crippen LogP contribution is 2.18. The summed E-state index contributed by atoms with van der Waals surface area (Å²) in [6.45, 7) is 0. The van der Waals surface area contributed by atoms with E-state index in [1.165, 1.54) is 30.3 Å². The lowest BCUT2D eigenvalue weighted by atomic mass is 10.2. The van der Waals surface area contributed by atoms with Gasteiger partial charge < -0.3 is 20.6 Å². The molecule has 0 aliphatic heterocycles. The van der Waals surface area contributed by atoms with Crippen molar-refractivity contribution in [3.05, 3.63) is 52.4 Å². The number of fused-ring (bicyclic) bond motifs is 2. The van der Waals surface area contributed by atoms with Crippen LogP contribution in [0.3, 0.4) is 0 Å². The summed E-state index contributed by atoms with van der Waals surface area (Å²) < 4.78 is 0.968. The SMILES string of the molecule is O=C(O)c1ccc2c(c1)[n+]([O-])c1ccc(O)cc1[n+]2[O-]. The number of carboxylic acids is 1. The van der Waals surface area contributed by atoms with Crippen LogP contribution in [0.4, 0.5) is 0 Å². The minimum absolute atomic E-state index is 0.00979. The molecule has 0 fully saturated rings.